The monoisotopic (exact) mass is 260 g/mol. The summed E-state index contributed by atoms with van der Waals surface area (Å²) in [5, 5.41) is 12.2. The van der Waals surface area contributed by atoms with Crippen molar-refractivity contribution in [1.29, 1.82) is 5.26 Å². The third-order valence-corrected chi connectivity index (χ3v) is 4.30. The summed E-state index contributed by atoms with van der Waals surface area (Å²) in [5.74, 6) is 1.81. The second-order valence-corrected chi connectivity index (χ2v) is 5.63. The second-order valence-electron chi connectivity index (χ2n) is 5.22. The Bertz CT molecular complexity index is 539. The van der Waals surface area contributed by atoms with Gasteiger partial charge in [0.1, 0.15) is 6.07 Å². The van der Waals surface area contributed by atoms with E-state index in [4.69, 9.17) is 16.9 Å². The number of amides is 1. The number of rotatable bonds is 2. The predicted molar refractivity (Wildman–Crippen MR) is 69.1 cm³/mol. The van der Waals surface area contributed by atoms with E-state index in [9.17, 15) is 4.79 Å². The van der Waals surface area contributed by atoms with Crippen molar-refractivity contribution in [2.45, 2.75) is 19.3 Å². The van der Waals surface area contributed by atoms with Crippen LogP contribution in [0.3, 0.4) is 0 Å². The van der Waals surface area contributed by atoms with E-state index in [-0.39, 0.29) is 11.8 Å². The van der Waals surface area contributed by atoms with Gasteiger partial charge in [0.15, 0.2) is 0 Å². The lowest BCUT2D eigenvalue weighted by atomic mass is 10.0. The highest BCUT2D eigenvalue weighted by atomic mass is 35.5. The van der Waals surface area contributed by atoms with Gasteiger partial charge >= 0.3 is 0 Å². The van der Waals surface area contributed by atoms with Crippen LogP contribution in [0.4, 0.5) is 5.69 Å². The largest absolute Gasteiger partial charge is 0.326 e. The lowest BCUT2D eigenvalue weighted by Gasteiger charge is -2.12. The molecule has 0 saturated heterocycles. The molecule has 92 valence electrons. The average Bonchev–Trinajstić information content (AvgIpc) is 2.98. The van der Waals surface area contributed by atoms with Crippen LogP contribution < -0.4 is 5.32 Å². The van der Waals surface area contributed by atoms with E-state index in [2.05, 4.69) is 5.32 Å². The van der Waals surface area contributed by atoms with Crippen LogP contribution in [0.2, 0.25) is 5.02 Å². The maximum Gasteiger partial charge on any atom is 0.227 e. The predicted octanol–water partition coefficient (Wildman–Crippen LogP) is 3.20. The highest BCUT2D eigenvalue weighted by Crippen LogP contribution is 2.54. The van der Waals surface area contributed by atoms with E-state index in [0.29, 0.717) is 16.3 Å². The van der Waals surface area contributed by atoms with Crippen molar-refractivity contribution in [3.05, 3.63) is 28.8 Å². The molecule has 4 heteroatoms. The average molecular weight is 261 g/mol. The van der Waals surface area contributed by atoms with Gasteiger partial charge in [0.05, 0.1) is 10.6 Å². The number of halogens is 1. The SMILES string of the molecule is N#Cc1cc(NC(=O)C2CC3CC3C2)ccc1Cl. The molecule has 2 aliphatic carbocycles. The van der Waals surface area contributed by atoms with Gasteiger partial charge in [-0.1, -0.05) is 11.6 Å². The minimum atomic E-state index is 0.0772. The molecular formula is C14H13ClN2O. The highest BCUT2D eigenvalue weighted by Gasteiger charge is 2.47. The van der Waals surface area contributed by atoms with Gasteiger partial charge < -0.3 is 5.32 Å². The summed E-state index contributed by atoms with van der Waals surface area (Å²) in [6, 6.07) is 7.00. The van der Waals surface area contributed by atoms with E-state index >= 15 is 0 Å². The number of anilines is 1. The van der Waals surface area contributed by atoms with Crippen LogP contribution in [-0.4, -0.2) is 5.91 Å². The number of carbonyl (C=O) groups excluding carboxylic acids is 1. The fraction of sp³-hybridized carbons (Fsp3) is 0.429. The van der Waals surface area contributed by atoms with Crippen LogP contribution in [0.25, 0.3) is 0 Å². The molecule has 3 rings (SSSR count). The van der Waals surface area contributed by atoms with Gasteiger partial charge in [-0.2, -0.15) is 5.26 Å². The summed E-state index contributed by atoms with van der Waals surface area (Å²) < 4.78 is 0. The van der Waals surface area contributed by atoms with Gasteiger partial charge in [-0.05, 0) is 49.3 Å². The van der Waals surface area contributed by atoms with Crippen molar-refractivity contribution in [3.8, 4) is 6.07 Å². The Labute approximate surface area is 111 Å². The first-order chi connectivity index (χ1) is 8.67. The smallest absolute Gasteiger partial charge is 0.227 e. The number of benzene rings is 1. The molecule has 0 heterocycles. The molecule has 1 aromatic rings. The molecular weight excluding hydrogens is 248 g/mol. The van der Waals surface area contributed by atoms with Crippen LogP contribution in [0, 0.1) is 29.1 Å². The number of hydrogen-bond donors (Lipinski definition) is 1. The minimum Gasteiger partial charge on any atom is -0.326 e. The van der Waals surface area contributed by atoms with E-state index in [0.717, 1.165) is 24.7 Å². The molecule has 18 heavy (non-hydrogen) atoms. The van der Waals surface area contributed by atoms with Gasteiger partial charge in [-0.3, -0.25) is 4.79 Å². The fourth-order valence-corrected chi connectivity index (χ4v) is 3.02. The van der Waals surface area contributed by atoms with E-state index < -0.39 is 0 Å². The fourth-order valence-electron chi connectivity index (χ4n) is 2.86. The molecule has 3 nitrogen and oxygen atoms in total. The van der Waals surface area contributed by atoms with Gasteiger partial charge in [0, 0.05) is 11.6 Å². The number of nitriles is 1. The van der Waals surface area contributed by atoms with E-state index in [1.54, 1.807) is 18.2 Å². The quantitative estimate of drug-likeness (QED) is 0.888. The van der Waals surface area contributed by atoms with Crippen LogP contribution in [0.5, 0.6) is 0 Å². The molecule has 0 radical (unpaired) electrons. The summed E-state index contributed by atoms with van der Waals surface area (Å²) in [7, 11) is 0. The molecule has 2 atom stereocenters. The summed E-state index contributed by atoms with van der Waals surface area (Å²) >= 11 is 5.85. The zero-order valence-electron chi connectivity index (χ0n) is 9.82. The van der Waals surface area contributed by atoms with Gasteiger partial charge in [0.25, 0.3) is 0 Å². The van der Waals surface area contributed by atoms with Crippen LogP contribution in [-0.2, 0) is 4.79 Å². The lowest BCUT2D eigenvalue weighted by molar-refractivity contribution is -0.120. The molecule has 0 bridgehead atoms. The Morgan fingerprint density at radius 1 is 1.33 bits per heavy atom. The number of hydrogen-bond acceptors (Lipinski definition) is 2. The topological polar surface area (TPSA) is 52.9 Å². The zero-order chi connectivity index (χ0) is 12.7. The van der Waals surface area contributed by atoms with Crippen molar-refractivity contribution in [3.63, 3.8) is 0 Å². The van der Waals surface area contributed by atoms with Crippen LogP contribution in [0.15, 0.2) is 18.2 Å². The van der Waals surface area contributed by atoms with Crippen LogP contribution >= 0.6 is 11.6 Å². The molecule has 2 unspecified atom stereocenters. The van der Waals surface area contributed by atoms with Gasteiger partial charge in [0.2, 0.25) is 5.91 Å². The normalized spacial score (nSPS) is 28.3. The lowest BCUT2D eigenvalue weighted by Crippen LogP contribution is -2.21. The molecule has 2 saturated carbocycles. The molecule has 2 aliphatic rings. The third-order valence-electron chi connectivity index (χ3n) is 3.97. The molecule has 1 amide bonds. The second kappa shape index (κ2) is 4.29. The third kappa shape index (κ3) is 2.09. The molecule has 0 spiro atoms. The van der Waals surface area contributed by atoms with Gasteiger partial charge in [-0.25, -0.2) is 0 Å². The van der Waals surface area contributed by atoms with E-state index in [1.807, 2.05) is 6.07 Å². The summed E-state index contributed by atoms with van der Waals surface area (Å²) in [4.78, 5) is 12.0. The first-order valence-electron chi connectivity index (χ1n) is 6.18. The number of fused-ring (bicyclic) bond motifs is 1. The minimum absolute atomic E-state index is 0.0772. The zero-order valence-corrected chi connectivity index (χ0v) is 10.6. The van der Waals surface area contributed by atoms with Crippen molar-refractivity contribution < 1.29 is 4.79 Å². The maximum atomic E-state index is 12.0. The van der Waals surface area contributed by atoms with Gasteiger partial charge in [-0.15, -0.1) is 0 Å². The number of nitrogens with zero attached hydrogens (tertiary/aromatic N) is 1. The standard InChI is InChI=1S/C14H13ClN2O/c15-13-2-1-12(6-11(13)7-16)17-14(18)10-4-8-3-9(8)5-10/h1-2,6,8-10H,3-5H2,(H,17,18). The Kier molecular flexibility index (Phi) is 2.76. The molecule has 1 aromatic carbocycles. The molecule has 0 aromatic heterocycles. The first-order valence-corrected chi connectivity index (χ1v) is 6.55. The van der Waals surface area contributed by atoms with Crippen molar-refractivity contribution in [1.82, 2.24) is 0 Å². The van der Waals surface area contributed by atoms with Crippen molar-refractivity contribution >= 4 is 23.2 Å². The van der Waals surface area contributed by atoms with Crippen molar-refractivity contribution in [2.24, 2.45) is 17.8 Å². The Morgan fingerprint density at radius 3 is 2.72 bits per heavy atom. The molecule has 2 fully saturated rings. The van der Waals surface area contributed by atoms with Crippen molar-refractivity contribution in [2.75, 3.05) is 5.32 Å². The number of carbonyl (C=O) groups is 1. The maximum absolute atomic E-state index is 12.0. The Balaban J connectivity index is 1.69. The Hall–Kier alpha value is -1.53. The Morgan fingerprint density at radius 2 is 2.06 bits per heavy atom. The van der Waals surface area contributed by atoms with E-state index in [1.165, 1.54) is 6.42 Å². The highest BCUT2D eigenvalue weighted by molar-refractivity contribution is 6.31. The van der Waals surface area contributed by atoms with Crippen LogP contribution in [0.1, 0.15) is 24.8 Å². The summed E-state index contributed by atoms with van der Waals surface area (Å²) in [6.45, 7) is 0. The first kappa shape index (κ1) is 11.6. The summed E-state index contributed by atoms with van der Waals surface area (Å²) in [6.07, 6.45) is 3.35. The number of nitrogens with one attached hydrogen (secondary N) is 1. The molecule has 0 aliphatic heterocycles. The summed E-state index contributed by atoms with van der Waals surface area (Å²) in [5.41, 5.74) is 1.05. The molecule has 1 N–H and O–H groups in total.